The van der Waals surface area contributed by atoms with Gasteiger partial charge in [0.1, 0.15) is 16.4 Å². The van der Waals surface area contributed by atoms with Crippen LogP contribution >= 0.6 is 11.6 Å². The van der Waals surface area contributed by atoms with Gasteiger partial charge in [0.15, 0.2) is 5.75 Å². The van der Waals surface area contributed by atoms with Crippen molar-refractivity contribution in [1.29, 1.82) is 0 Å². The summed E-state index contributed by atoms with van der Waals surface area (Å²) in [5.74, 6) is 1.51. The molecule has 0 saturated carbocycles. The number of halogens is 1. The highest BCUT2D eigenvalue weighted by Crippen LogP contribution is 2.38. The van der Waals surface area contributed by atoms with Crippen molar-refractivity contribution in [1.82, 2.24) is 0 Å². The smallest absolute Gasteiger partial charge is 0.339 e. The van der Waals surface area contributed by atoms with Gasteiger partial charge in [-0.15, -0.1) is 0 Å². The van der Waals surface area contributed by atoms with Gasteiger partial charge in [0.2, 0.25) is 5.75 Å². The first-order valence-corrected chi connectivity index (χ1v) is 12.0. The fourth-order valence-corrected chi connectivity index (χ4v) is 4.30. The number of hydrogen-bond donors (Lipinski definition) is 0. The van der Waals surface area contributed by atoms with Crippen molar-refractivity contribution in [3.05, 3.63) is 108 Å². The first-order chi connectivity index (χ1) is 16.4. The molecule has 0 N–H and O–H groups in total. The summed E-state index contributed by atoms with van der Waals surface area (Å²) >= 11 is 6.34. The number of ether oxygens (including phenoxy) is 2. The SMILES string of the molecule is COc1cc(C=Nc2ccc(Oc3ccccc3)cc2)cc(Cl)c1OS(=O)(=O)c1ccccc1. The van der Waals surface area contributed by atoms with Crippen molar-refractivity contribution >= 4 is 33.6 Å². The van der Waals surface area contributed by atoms with E-state index in [4.69, 9.17) is 25.3 Å². The zero-order valence-electron chi connectivity index (χ0n) is 18.1. The Labute approximate surface area is 203 Å². The van der Waals surface area contributed by atoms with Crippen LogP contribution in [0.25, 0.3) is 0 Å². The summed E-state index contributed by atoms with van der Waals surface area (Å²) in [5, 5.41) is 0.0758. The van der Waals surface area contributed by atoms with Gasteiger partial charge in [-0.25, -0.2) is 0 Å². The quantitative estimate of drug-likeness (QED) is 0.203. The van der Waals surface area contributed by atoms with Crippen LogP contribution in [0.5, 0.6) is 23.0 Å². The Bertz CT molecular complexity index is 1390. The molecule has 6 nitrogen and oxygen atoms in total. The molecular weight excluding hydrogens is 474 g/mol. The van der Waals surface area contributed by atoms with Crippen LogP contribution in [0, 0.1) is 0 Å². The molecule has 8 heteroatoms. The van der Waals surface area contributed by atoms with Crippen LogP contribution in [0.3, 0.4) is 0 Å². The van der Waals surface area contributed by atoms with Crippen LogP contribution in [0.4, 0.5) is 5.69 Å². The summed E-state index contributed by atoms with van der Waals surface area (Å²) in [4.78, 5) is 4.45. The number of aliphatic imine (C=N–C) groups is 1. The predicted molar refractivity (Wildman–Crippen MR) is 132 cm³/mol. The van der Waals surface area contributed by atoms with Gasteiger partial charge in [-0.1, -0.05) is 48.0 Å². The molecule has 172 valence electrons. The Morgan fingerprint density at radius 3 is 2.09 bits per heavy atom. The highest BCUT2D eigenvalue weighted by molar-refractivity contribution is 7.87. The molecule has 0 bridgehead atoms. The lowest BCUT2D eigenvalue weighted by Crippen LogP contribution is -2.10. The summed E-state index contributed by atoms with van der Waals surface area (Å²) in [5.41, 5.74) is 1.30. The Morgan fingerprint density at radius 1 is 0.824 bits per heavy atom. The van der Waals surface area contributed by atoms with Crippen molar-refractivity contribution in [3.8, 4) is 23.0 Å². The molecule has 4 aromatic rings. The van der Waals surface area contributed by atoms with Gasteiger partial charge in [-0.05, 0) is 66.2 Å². The normalized spacial score (nSPS) is 11.4. The van der Waals surface area contributed by atoms with E-state index in [9.17, 15) is 8.42 Å². The minimum Gasteiger partial charge on any atom is -0.493 e. The van der Waals surface area contributed by atoms with Gasteiger partial charge >= 0.3 is 10.1 Å². The molecule has 0 unspecified atom stereocenters. The third kappa shape index (κ3) is 5.75. The average Bonchev–Trinajstić information content (AvgIpc) is 2.86. The van der Waals surface area contributed by atoms with E-state index in [2.05, 4.69) is 4.99 Å². The van der Waals surface area contributed by atoms with E-state index in [1.165, 1.54) is 19.2 Å². The lowest BCUT2D eigenvalue weighted by molar-refractivity contribution is 0.390. The lowest BCUT2D eigenvalue weighted by atomic mass is 10.2. The Balaban J connectivity index is 1.51. The molecule has 34 heavy (non-hydrogen) atoms. The van der Waals surface area contributed by atoms with Crippen LogP contribution in [0.2, 0.25) is 5.02 Å². The zero-order chi connectivity index (χ0) is 24.0. The maximum absolute atomic E-state index is 12.6. The Hall–Kier alpha value is -3.81. The Kier molecular flexibility index (Phi) is 7.15. The van der Waals surface area contributed by atoms with Crippen LogP contribution < -0.4 is 13.7 Å². The maximum atomic E-state index is 12.6. The van der Waals surface area contributed by atoms with Gasteiger partial charge in [-0.3, -0.25) is 4.99 Å². The van der Waals surface area contributed by atoms with E-state index in [0.29, 0.717) is 17.0 Å². The fraction of sp³-hybridized carbons (Fsp3) is 0.0385. The third-order valence-corrected chi connectivity index (χ3v) is 6.17. The second-order valence-corrected chi connectivity index (χ2v) is 9.01. The van der Waals surface area contributed by atoms with Crippen molar-refractivity contribution < 1.29 is 22.1 Å². The van der Waals surface area contributed by atoms with E-state index in [-0.39, 0.29) is 21.4 Å². The van der Waals surface area contributed by atoms with Gasteiger partial charge in [0.05, 0.1) is 17.8 Å². The topological polar surface area (TPSA) is 74.2 Å². The maximum Gasteiger partial charge on any atom is 0.339 e. The summed E-state index contributed by atoms with van der Waals surface area (Å²) in [7, 11) is -2.67. The van der Waals surface area contributed by atoms with Crippen molar-refractivity contribution in [2.45, 2.75) is 4.90 Å². The lowest BCUT2D eigenvalue weighted by Gasteiger charge is -2.13. The van der Waals surface area contributed by atoms with E-state index in [1.807, 2.05) is 54.6 Å². The molecule has 4 rings (SSSR count). The van der Waals surface area contributed by atoms with Crippen LogP contribution in [0.15, 0.2) is 107 Å². The molecule has 0 aliphatic rings. The number of methoxy groups -OCH3 is 1. The molecule has 0 fully saturated rings. The molecule has 0 aromatic heterocycles. The molecule has 4 aromatic carbocycles. The monoisotopic (exact) mass is 493 g/mol. The highest BCUT2D eigenvalue weighted by Gasteiger charge is 2.21. The fourth-order valence-electron chi connectivity index (χ4n) is 3.01. The summed E-state index contributed by atoms with van der Waals surface area (Å²) in [6, 6.07) is 27.7. The van der Waals surface area contributed by atoms with E-state index >= 15 is 0 Å². The molecule has 0 amide bonds. The zero-order valence-corrected chi connectivity index (χ0v) is 19.7. The number of rotatable bonds is 8. The average molecular weight is 494 g/mol. The molecule has 0 heterocycles. The van der Waals surface area contributed by atoms with Crippen LogP contribution in [-0.4, -0.2) is 21.7 Å². The highest BCUT2D eigenvalue weighted by atomic mass is 35.5. The minimum atomic E-state index is -4.07. The number of benzene rings is 4. The number of hydrogen-bond acceptors (Lipinski definition) is 6. The molecule has 0 radical (unpaired) electrons. The van der Waals surface area contributed by atoms with E-state index in [1.54, 1.807) is 36.5 Å². The summed E-state index contributed by atoms with van der Waals surface area (Å²) < 4.78 is 41.6. The number of para-hydroxylation sites is 1. The van der Waals surface area contributed by atoms with Gasteiger partial charge in [0.25, 0.3) is 0 Å². The second-order valence-electron chi connectivity index (χ2n) is 7.05. The summed E-state index contributed by atoms with van der Waals surface area (Å²) in [6.45, 7) is 0. The molecule has 0 saturated heterocycles. The molecule has 0 aliphatic heterocycles. The molecule has 0 atom stereocenters. The molecular formula is C26H20ClNO5S. The molecule has 0 aliphatic carbocycles. The summed E-state index contributed by atoms with van der Waals surface area (Å²) in [6.07, 6.45) is 1.59. The van der Waals surface area contributed by atoms with Gasteiger partial charge in [0, 0.05) is 6.21 Å². The van der Waals surface area contributed by atoms with Crippen LogP contribution in [-0.2, 0) is 10.1 Å². The minimum absolute atomic E-state index is 0.0125. The Morgan fingerprint density at radius 2 is 1.44 bits per heavy atom. The van der Waals surface area contributed by atoms with Crippen LogP contribution in [0.1, 0.15) is 5.56 Å². The molecule has 0 spiro atoms. The van der Waals surface area contributed by atoms with E-state index < -0.39 is 10.1 Å². The predicted octanol–water partition coefficient (Wildman–Crippen LogP) is 6.66. The largest absolute Gasteiger partial charge is 0.493 e. The van der Waals surface area contributed by atoms with Crippen molar-refractivity contribution in [2.24, 2.45) is 4.99 Å². The van der Waals surface area contributed by atoms with E-state index in [0.717, 1.165) is 5.75 Å². The van der Waals surface area contributed by atoms with Crippen molar-refractivity contribution in [3.63, 3.8) is 0 Å². The van der Waals surface area contributed by atoms with Gasteiger partial charge < -0.3 is 13.7 Å². The van der Waals surface area contributed by atoms with Gasteiger partial charge in [-0.2, -0.15) is 8.42 Å². The second kappa shape index (κ2) is 10.4. The van der Waals surface area contributed by atoms with Crippen molar-refractivity contribution in [2.75, 3.05) is 7.11 Å². The standard InChI is InChI=1S/C26H20ClNO5S/c1-31-25-17-19(16-24(27)26(25)33-34(29,30)23-10-6-3-7-11-23)18-28-20-12-14-22(15-13-20)32-21-8-4-2-5-9-21/h2-18H,1H3. The number of nitrogens with zero attached hydrogens (tertiary/aromatic N) is 1. The third-order valence-electron chi connectivity index (χ3n) is 4.66. The first kappa shape index (κ1) is 23.4. The first-order valence-electron chi connectivity index (χ1n) is 10.2.